The molecule has 1 aliphatic heterocycles. The molecule has 0 radical (unpaired) electrons. The maximum Gasteiger partial charge on any atom is 0.326 e. The summed E-state index contributed by atoms with van der Waals surface area (Å²) < 4.78 is 0. The van der Waals surface area contributed by atoms with E-state index in [0.29, 0.717) is 36.8 Å². The zero-order valence-corrected chi connectivity index (χ0v) is 15.2. The minimum atomic E-state index is -0.304. The highest BCUT2D eigenvalue weighted by Gasteiger charge is 2.30. The van der Waals surface area contributed by atoms with E-state index in [0.717, 1.165) is 5.56 Å². The van der Waals surface area contributed by atoms with Crippen LogP contribution in [0.3, 0.4) is 0 Å². The fraction of sp³-hybridized carbons (Fsp3) is 0.143. The van der Waals surface area contributed by atoms with Crippen molar-refractivity contribution in [3.05, 3.63) is 84.3 Å². The third-order valence-corrected chi connectivity index (χ3v) is 4.49. The lowest BCUT2D eigenvalue weighted by atomic mass is 10.2. The first-order chi connectivity index (χ1) is 13.7. The van der Waals surface area contributed by atoms with Crippen LogP contribution in [0.15, 0.2) is 73.1 Å². The molecule has 0 atom stereocenters. The van der Waals surface area contributed by atoms with E-state index < -0.39 is 0 Å². The molecule has 0 bridgehead atoms. The summed E-state index contributed by atoms with van der Waals surface area (Å²) >= 11 is 0. The molecular formula is C21H19N5O2. The summed E-state index contributed by atoms with van der Waals surface area (Å²) in [7, 11) is 0. The minimum Gasteiger partial charge on any atom is -0.319 e. The Kier molecular flexibility index (Phi) is 4.97. The molecule has 0 aliphatic carbocycles. The summed E-state index contributed by atoms with van der Waals surface area (Å²) in [5.74, 6) is 0.262. The van der Waals surface area contributed by atoms with Crippen LogP contribution in [0.5, 0.6) is 0 Å². The lowest BCUT2D eigenvalue weighted by Crippen LogP contribution is -2.31. The van der Waals surface area contributed by atoms with Gasteiger partial charge in [-0.2, -0.15) is 0 Å². The van der Waals surface area contributed by atoms with Crippen molar-refractivity contribution in [1.82, 2.24) is 14.9 Å². The van der Waals surface area contributed by atoms with Crippen LogP contribution in [0.1, 0.15) is 16.1 Å². The van der Waals surface area contributed by atoms with Gasteiger partial charge in [-0.15, -0.1) is 0 Å². The van der Waals surface area contributed by atoms with Gasteiger partial charge in [-0.25, -0.2) is 9.78 Å². The molecule has 1 saturated heterocycles. The van der Waals surface area contributed by atoms with Crippen LogP contribution in [-0.2, 0) is 6.54 Å². The Hall–Kier alpha value is -3.74. The molecule has 7 heteroatoms. The Morgan fingerprint density at radius 2 is 1.79 bits per heavy atom. The molecule has 7 nitrogen and oxygen atoms in total. The van der Waals surface area contributed by atoms with E-state index in [-0.39, 0.29) is 11.9 Å². The van der Waals surface area contributed by atoms with Crippen LogP contribution >= 0.6 is 0 Å². The first kappa shape index (κ1) is 17.7. The molecule has 3 heterocycles. The average molecular weight is 373 g/mol. The normalized spacial score (nSPS) is 13.6. The van der Waals surface area contributed by atoms with Crippen LogP contribution in [0.2, 0.25) is 0 Å². The van der Waals surface area contributed by atoms with Crippen LogP contribution in [0.25, 0.3) is 0 Å². The lowest BCUT2D eigenvalue weighted by molar-refractivity contribution is 0.102. The Balaban J connectivity index is 1.40. The number of benzene rings is 1. The van der Waals surface area contributed by atoms with Crippen LogP contribution in [-0.4, -0.2) is 39.9 Å². The van der Waals surface area contributed by atoms with Crippen molar-refractivity contribution in [3.8, 4) is 0 Å². The number of nitrogens with one attached hydrogen (secondary N) is 1. The van der Waals surface area contributed by atoms with E-state index in [4.69, 9.17) is 0 Å². The van der Waals surface area contributed by atoms with Gasteiger partial charge in [0.25, 0.3) is 5.91 Å². The van der Waals surface area contributed by atoms with Crippen molar-refractivity contribution in [2.45, 2.75) is 6.54 Å². The molecular weight excluding hydrogens is 354 g/mol. The molecule has 0 unspecified atom stereocenters. The highest BCUT2D eigenvalue weighted by Crippen LogP contribution is 2.21. The van der Waals surface area contributed by atoms with E-state index in [1.165, 1.54) is 0 Å². The summed E-state index contributed by atoms with van der Waals surface area (Å²) in [6.07, 6.45) is 3.11. The van der Waals surface area contributed by atoms with Gasteiger partial charge in [-0.3, -0.25) is 14.7 Å². The van der Waals surface area contributed by atoms with Crippen molar-refractivity contribution in [1.29, 1.82) is 0 Å². The first-order valence-corrected chi connectivity index (χ1v) is 8.99. The Morgan fingerprint density at radius 3 is 2.50 bits per heavy atom. The van der Waals surface area contributed by atoms with Gasteiger partial charge in [-0.1, -0.05) is 36.4 Å². The molecule has 28 heavy (non-hydrogen) atoms. The predicted octanol–water partition coefficient (Wildman–Crippen LogP) is 3.17. The van der Waals surface area contributed by atoms with Gasteiger partial charge < -0.3 is 10.2 Å². The molecule has 1 N–H and O–H groups in total. The van der Waals surface area contributed by atoms with E-state index in [1.54, 1.807) is 52.5 Å². The average Bonchev–Trinajstić information content (AvgIpc) is 3.10. The fourth-order valence-electron chi connectivity index (χ4n) is 3.06. The number of anilines is 2. The summed E-state index contributed by atoms with van der Waals surface area (Å²) in [5, 5.41) is 2.75. The summed E-state index contributed by atoms with van der Waals surface area (Å²) in [5.41, 5.74) is 1.98. The SMILES string of the molecule is O=C(Nc1ccc(N2CCN(Cc3ccccc3)C2=O)nc1)c1ccccn1. The largest absolute Gasteiger partial charge is 0.326 e. The number of amides is 3. The van der Waals surface area contributed by atoms with Gasteiger partial charge in [0.2, 0.25) is 0 Å². The van der Waals surface area contributed by atoms with Crippen molar-refractivity contribution in [3.63, 3.8) is 0 Å². The lowest BCUT2D eigenvalue weighted by Gasteiger charge is -2.18. The van der Waals surface area contributed by atoms with Crippen molar-refractivity contribution < 1.29 is 9.59 Å². The molecule has 1 fully saturated rings. The van der Waals surface area contributed by atoms with Gasteiger partial charge in [0, 0.05) is 25.8 Å². The van der Waals surface area contributed by atoms with Crippen LogP contribution < -0.4 is 10.2 Å². The fourth-order valence-corrected chi connectivity index (χ4v) is 3.06. The Labute approximate surface area is 162 Å². The number of urea groups is 1. The quantitative estimate of drug-likeness (QED) is 0.745. The zero-order chi connectivity index (χ0) is 19.3. The number of aromatic nitrogens is 2. The number of nitrogens with zero attached hydrogens (tertiary/aromatic N) is 4. The molecule has 1 aliphatic rings. The Bertz CT molecular complexity index is 961. The summed E-state index contributed by atoms with van der Waals surface area (Å²) in [6.45, 7) is 1.81. The number of carbonyl (C=O) groups is 2. The molecule has 3 aromatic rings. The summed E-state index contributed by atoms with van der Waals surface area (Å²) in [6, 6.07) is 18.4. The molecule has 140 valence electrons. The number of pyridine rings is 2. The standard InChI is InChI=1S/C21H19N5O2/c27-20(18-8-4-5-11-22-18)24-17-9-10-19(23-14-17)26-13-12-25(21(26)28)15-16-6-2-1-3-7-16/h1-11,14H,12-13,15H2,(H,24,27). The monoisotopic (exact) mass is 373 g/mol. The van der Waals surface area contributed by atoms with Crippen molar-refractivity contribution in [2.75, 3.05) is 23.3 Å². The Morgan fingerprint density at radius 1 is 0.964 bits per heavy atom. The minimum absolute atomic E-state index is 0.0679. The van der Waals surface area contributed by atoms with E-state index >= 15 is 0 Å². The number of hydrogen-bond acceptors (Lipinski definition) is 4. The summed E-state index contributed by atoms with van der Waals surface area (Å²) in [4.78, 5) is 36.6. The second-order valence-electron chi connectivity index (χ2n) is 6.42. The smallest absolute Gasteiger partial charge is 0.319 e. The van der Waals surface area contributed by atoms with Gasteiger partial charge in [0.1, 0.15) is 11.5 Å². The molecule has 3 amide bonds. The highest BCUT2D eigenvalue weighted by atomic mass is 16.2. The first-order valence-electron chi connectivity index (χ1n) is 8.99. The molecule has 2 aromatic heterocycles. The molecule has 0 saturated carbocycles. The van der Waals surface area contributed by atoms with Crippen molar-refractivity contribution >= 4 is 23.4 Å². The van der Waals surface area contributed by atoms with Gasteiger partial charge in [0.05, 0.1) is 11.9 Å². The van der Waals surface area contributed by atoms with Crippen LogP contribution in [0.4, 0.5) is 16.3 Å². The molecule has 1 aromatic carbocycles. The van der Waals surface area contributed by atoms with Crippen molar-refractivity contribution in [2.24, 2.45) is 0 Å². The molecule has 0 spiro atoms. The number of hydrogen-bond donors (Lipinski definition) is 1. The van der Waals surface area contributed by atoms with Gasteiger partial charge in [0.15, 0.2) is 0 Å². The second-order valence-corrected chi connectivity index (χ2v) is 6.42. The predicted molar refractivity (Wildman–Crippen MR) is 106 cm³/mol. The maximum atomic E-state index is 12.7. The third-order valence-electron chi connectivity index (χ3n) is 4.49. The topological polar surface area (TPSA) is 78.4 Å². The maximum absolute atomic E-state index is 12.7. The number of rotatable bonds is 5. The third kappa shape index (κ3) is 3.83. The van der Waals surface area contributed by atoms with E-state index in [1.807, 2.05) is 30.3 Å². The molecule has 4 rings (SSSR count). The van der Waals surface area contributed by atoms with E-state index in [9.17, 15) is 9.59 Å². The van der Waals surface area contributed by atoms with E-state index in [2.05, 4.69) is 15.3 Å². The zero-order valence-electron chi connectivity index (χ0n) is 15.2. The highest BCUT2D eigenvalue weighted by molar-refractivity contribution is 6.02. The number of carbonyl (C=O) groups excluding carboxylic acids is 2. The van der Waals surface area contributed by atoms with Crippen LogP contribution in [0, 0.1) is 0 Å². The van der Waals surface area contributed by atoms with Gasteiger partial charge >= 0.3 is 6.03 Å². The van der Waals surface area contributed by atoms with Gasteiger partial charge in [-0.05, 0) is 29.8 Å². The second kappa shape index (κ2) is 7.87.